The average molecular weight is 377 g/mol. The maximum Gasteiger partial charge on any atom is 0.251 e. The first-order valence-corrected chi connectivity index (χ1v) is 9.43. The van der Waals surface area contributed by atoms with Gasteiger partial charge in [-0.2, -0.15) is 5.10 Å². The Morgan fingerprint density at radius 3 is 2.54 bits per heavy atom. The molecule has 0 atom stereocenters. The summed E-state index contributed by atoms with van der Waals surface area (Å²) in [4.78, 5) is 18.7. The zero-order valence-corrected chi connectivity index (χ0v) is 15.6. The van der Waals surface area contributed by atoms with Gasteiger partial charge in [-0.25, -0.2) is 4.68 Å². The summed E-state index contributed by atoms with van der Waals surface area (Å²) < 4.78 is 7.13. The third-order valence-electron chi connectivity index (χ3n) is 4.81. The van der Waals surface area contributed by atoms with Crippen LogP contribution >= 0.6 is 0 Å². The van der Waals surface area contributed by atoms with E-state index in [0.29, 0.717) is 12.1 Å². The van der Waals surface area contributed by atoms with Gasteiger partial charge in [0.1, 0.15) is 0 Å². The highest BCUT2D eigenvalue weighted by Crippen LogP contribution is 2.19. The monoisotopic (exact) mass is 377 g/mol. The van der Waals surface area contributed by atoms with Crippen LogP contribution in [0.3, 0.4) is 0 Å². The summed E-state index contributed by atoms with van der Waals surface area (Å²) in [7, 11) is 0. The Bertz CT molecular complexity index is 902. The van der Waals surface area contributed by atoms with Crippen LogP contribution < -0.4 is 5.32 Å². The lowest BCUT2D eigenvalue weighted by Gasteiger charge is -2.26. The highest BCUT2D eigenvalue weighted by atomic mass is 16.5. The molecule has 1 amide bonds. The Balaban J connectivity index is 1.34. The van der Waals surface area contributed by atoms with E-state index in [1.807, 2.05) is 48.8 Å². The number of pyridine rings is 1. The van der Waals surface area contributed by atoms with Crippen LogP contribution in [0.15, 0.2) is 61.2 Å². The normalized spacial score (nSPS) is 14.7. The molecule has 0 saturated carbocycles. The van der Waals surface area contributed by atoms with Crippen molar-refractivity contribution in [3.8, 4) is 16.8 Å². The fraction of sp³-hybridized carbons (Fsp3) is 0.286. The molecule has 0 spiro atoms. The first-order valence-electron chi connectivity index (χ1n) is 9.43. The van der Waals surface area contributed by atoms with Crippen molar-refractivity contribution in [1.29, 1.82) is 0 Å². The van der Waals surface area contributed by atoms with Crippen molar-refractivity contribution in [1.82, 2.24) is 25.0 Å². The van der Waals surface area contributed by atoms with Crippen LogP contribution in [0.1, 0.15) is 10.4 Å². The summed E-state index contributed by atoms with van der Waals surface area (Å²) in [6.45, 7) is 4.87. The number of hydrogen-bond donors (Lipinski definition) is 1. The Kier molecular flexibility index (Phi) is 5.75. The Hall–Kier alpha value is -3.03. The topological polar surface area (TPSA) is 72.3 Å². The Morgan fingerprint density at radius 2 is 1.79 bits per heavy atom. The van der Waals surface area contributed by atoms with E-state index in [0.717, 1.165) is 49.7 Å². The number of rotatable bonds is 6. The van der Waals surface area contributed by atoms with E-state index in [1.54, 1.807) is 17.1 Å². The molecule has 4 rings (SSSR count). The van der Waals surface area contributed by atoms with Crippen molar-refractivity contribution in [3.63, 3.8) is 0 Å². The summed E-state index contributed by atoms with van der Waals surface area (Å²) in [6.07, 6.45) is 7.31. The summed E-state index contributed by atoms with van der Waals surface area (Å²) in [5.41, 5.74) is 3.64. The largest absolute Gasteiger partial charge is 0.379 e. The minimum absolute atomic E-state index is 0.0576. The minimum Gasteiger partial charge on any atom is -0.379 e. The zero-order valence-electron chi connectivity index (χ0n) is 15.6. The molecule has 1 N–H and O–H groups in total. The van der Waals surface area contributed by atoms with Gasteiger partial charge < -0.3 is 10.1 Å². The molecule has 1 saturated heterocycles. The Labute approximate surface area is 164 Å². The van der Waals surface area contributed by atoms with Crippen molar-refractivity contribution in [3.05, 3.63) is 66.7 Å². The molecule has 28 heavy (non-hydrogen) atoms. The van der Waals surface area contributed by atoms with Gasteiger partial charge in [-0.05, 0) is 42.0 Å². The van der Waals surface area contributed by atoms with Crippen LogP contribution in [0, 0.1) is 0 Å². The van der Waals surface area contributed by atoms with E-state index in [9.17, 15) is 4.79 Å². The van der Waals surface area contributed by atoms with Gasteiger partial charge in [0.15, 0.2) is 0 Å². The van der Waals surface area contributed by atoms with E-state index in [1.165, 1.54) is 0 Å². The van der Waals surface area contributed by atoms with Crippen molar-refractivity contribution < 1.29 is 9.53 Å². The molecule has 1 aromatic carbocycles. The quantitative estimate of drug-likeness (QED) is 0.711. The number of benzene rings is 1. The lowest BCUT2D eigenvalue weighted by Crippen LogP contribution is -2.41. The zero-order chi connectivity index (χ0) is 19.2. The predicted octanol–water partition coefficient (Wildman–Crippen LogP) is 2.00. The van der Waals surface area contributed by atoms with Crippen LogP contribution in [0.25, 0.3) is 16.8 Å². The lowest BCUT2D eigenvalue weighted by molar-refractivity contribution is 0.0383. The molecule has 0 aliphatic carbocycles. The third-order valence-corrected chi connectivity index (χ3v) is 4.81. The number of hydrogen-bond acceptors (Lipinski definition) is 5. The van der Waals surface area contributed by atoms with E-state index < -0.39 is 0 Å². The van der Waals surface area contributed by atoms with Crippen LogP contribution in [0.4, 0.5) is 0 Å². The molecule has 1 aliphatic heterocycles. The van der Waals surface area contributed by atoms with E-state index in [4.69, 9.17) is 4.74 Å². The third kappa shape index (κ3) is 4.44. The first kappa shape index (κ1) is 18.3. The number of aromatic nitrogens is 3. The summed E-state index contributed by atoms with van der Waals surface area (Å²) in [6, 6.07) is 11.4. The number of nitrogens with one attached hydrogen (secondary N) is 1. The number of amides is 1. The number of ether oxygens (including phenoxy) is 1. The maximum absolute atomic E-state index is 12.3. The SMILES string of the molecule is O=C(NCCN1CCOCC1)c1ccc(-n2cc(-c3ccncc3)cn2)cc1. The molecule has 2 aromatic heterocycles. The van der Waals surface area contributed by atoms with Gasteiger partial charge in [-0.1, -0.05) is 0 Å². The highest BCUT2D eigenvalue weighted by Gasteiger charge is 2.11. The molecule has 1 fully saturated rings. The van der Waals surface area contributed by atoms with Crippen molar-refractivity contribution in [2.24, 2.45) is 0 Å². The summed E-state index contributed by atoms with van der Waals surface area (Å²) >= 11 is 0. The predicted molar refractivity (Wildman–Crippen MR) is 106 cm³/mol. The molecule has 0 radical (unpaired) electrons. The number of carbonyl (C=O) groups is 1. The number of carbonyl (C=O) groups excluding carboxylic acids is 1. The number of morpholine rings is 1. The number of nitrogens with zero attached hydrogens (tertiary/aromatic N) is 4. The van der Waals surface area contributed by atoms with E-state index in [-0.39, 0.29) is 5.91 Å². The van der Waals surface area contributed by atoms with Gasteiger partial charge in [0.2, 0.25) is 0 Å². The second-order valence-corrected chi connectivity index (χ2v) is 6.67. The Morgan fingerprint density at radius 1 is 1.04 bits per heavy atom. The molecule has 7 nitrogen and oxygen atoms in total. The maximum atomic E-state index is 12.3. The van der Waals surface area contributed by atoms with Gasteiger partial charge in [-0.3, -0.25) is 14.7 Å². The van der Waals surface area contributed by atoms with Crippen LogP contribution in [0.2, 0.25) is 0 Å². The first-order chi connectivity index (χ1) is 13.8. The van der Waals surface area contributed by atoms with Gasteiger partial charge in [0.05, 0.1) is 25.1 Å². The summed E-state index contributed by atoms with van der Waals surface area (Å²) in [5, 5.41) is 7.40. The van der Waals surface area contributed by atoms with Crippen LogP contribution in [0.5, 0.6) is 0 Å². The molecule has 3 heterocycles. The van der Waals surface area contributed by atoms with E-state index >= 15 is 0 Å². The molecule has 144 valence electrons. The minimum atomic E-state index is -0.0576. The molecule has 0 unspecified atom stereocenters. The molecular weight excluding hydrogens is 354 g/mol. The molecule has 1 aliphatic rings. The second kappa shape index (κ2) is 8.77. The average Bonchev–Trinajstić information content (AvgIpc) is 3.25. The fourth-order valence-electron chi connectivity index (χ4n) is 3.18. The van der Waals surface area contributed by atoms with E-state index in [2.05, 4.69) is 20.3 Å². The van der Waals surface area contributed by atoms with Gasteiger partial charge >= 0.3 is 0 Å². The van der Waals surface area contributed by atoms with Crippen LogP contribution in [-0.4, -0.2) is 65.0 Å². The standard InChI is InChI=1S/C21H23N5O2/c27-21(23-9-10-25-11-13-28-14-12-25)18-1-3-20(4-2-18)26-16-19(15-24-26)17-5-7-22-8-6-17/h1-8,15-16H,9-14H2,(H,23,27). The molecule has 0 bridgehead atoms. The second-order valence-electron chi connectivity index (χ2n) is 6.67. The fourth-order valence-corrected chi connectivity index (χ4v) is 3.18. The van der Waals surface area contributed by atoms with Crippen molar-refractivity contribution in [2.45, 2.75) is 0 Å². The molecular formula is C21H23N5O2. The highest BCUT2D eigenvalue weighted by molar-refractivity contribution is 5.94. The van der Waals surface area contributed by atoms with Crippen molar-refractivity contribution >= 4 is 5.91 Å². The van der Waals surface area contributed by atoms with Gasteiger partial charge in [0, 0.05) is 55.9 Å². The molecule has 7 heteroatoms. The lowest BCUT2D eigenvalue weighted by atomic mass is 10.1. The van der Waals surface area contributed by atoms with Gasteiger partial charge in [0.25, 0.3) is 5.91 Å². The van der Waals surface area contributed by atoms with Crippen LogP contribution in [-0.2, 0) is 4.74 Å². The van der Waals surface area contributed by atoms with Crippen molar-refractivity contribution in [2.75, 3.05) is 39.4 Å². The molecule has 3 aromatic rings. The summed E-state index contributed by atoms with van der Waals surface area (Å²) in [5.74, 6) is -0.0576. The van der Waals surface area contributed by atoms with Gasteiger partial charge in [-0.15, -0.1) is 0 Å². The smallest absolute Gasteiger partial charge is 0.251 e.